The van der Waals surface area contributed by atoms with Crippen molar-refractivity contribution in [2.75, 3.05) is 12.0 Å². The number of Topliss-reactive ketones (excluding diaryl/α,β-unsaturated/α-hetero) is 1. The van der Waals surface area contributed by atoms with E-state index in [0.29, 0.717) is 27.7 Å². The van der Waals surface area contributed by atoms with Gasteiger partial charge in [-0.05, 0) is 48.9 Å². The highest BCUT2D eigenvalue weighted by Crippen LogP contribution is 2.43. The van der Waals surface area contributed by atoms with Crippen LogP contribution in [0.25, 0.3) is 5.76 Å². The molecule has 0 aliphatic carbocycles. The number of aromatic nitrogens is 1. The number of hydrogen-bond acceptors (Lipinski definition) is 6. The maximum absolute atomic E-state index is 13.0. The van der Waals surface area contributed by atoms with E-state index in [0.717, 1.165) is 0 Å². The van der Waals surface area contributed by atoms with E-state index in [-0.39, 0.29) is 22.2 Å². The number of carbonyl (C=O) groups is 2. The van der Waals surface area contributed by atoms with Crippen molar-refractivity contribution in [2.24, 2.45) is 0 Å². The zero-order chi connectivity index (χ0) is 22.3. The summed E-state index contributed by atoms with van der Waals surface area (Å²) in [6.45, 7) is 1.67. The first-order valence-corrected chi connectivity index (χ1v) is 9.91. The fourth-order valence-corrected chi connectivity index (χ4v) is 3.74. The lowest BCUT2D eigenvalue weighted by Crippen LogP contribution is -2.29. The van der Waals surface area contributed by atoms with Gasteiger partial charge in [0.15, 0.2) is 5.82 Å². The number of benzene rings is 2. The van der Waals surface area contributed by atoms with Gasteiger partial charge in [0.2, 0.25) is 0 Å². The second-order valence-electron chi connectivity index (χ2n) is 6.87. The standard InChI is InChI=1S/C22H16Cl2N2O5/c1-11-9-17(25-31-11)26-19(13-5-8-15(23)16(24)10-13)18(21(28)22(26)29)20(27)12-3-6-14(30-2)7-4-12/h3-10,19,27H,1-2H3/b20-18+/t19-/m0/s1. The van der Waals surface area contributed by atoms with Gasteiger partial charge in [-0.25, -0.2) is 0 Å². The van der Waals surface area contributed by atoms with Gasteiger partial charge in [0.25, 0.3) is 5.78 Å². The molecule has 9 heteroatoms. The molecule has 1 amide bonds. The van der Waals surface area contributed by atoms with Crippen molar-refractivity contribution < 1.29 is 24.0 Å². The quantitative estimate of drug-likeness (QED) is 0.338. The molecule has 1 atom stereocenters. The van der Waals surface area contributed by atoms with Crippen molar-refractivity contribution in [1.29, 1.82) is 0 Å². The second kappa shape index (κ2) is 8.09. The number of ketones is 1. The summed E-state index contributed by atoms with van der Waals surface area (Å²) in [5, 5.41) is 15.5. The summed E-state index contributed by atoms with van der Waals surface area (Å²) in [4.78, 5) is 27.2. The van der Waals surface area contributed by atoms with Crippen LogP contribution in [0.3, 0.4) is 0 Å². The van der Waals surface area contributed by atoms with E-state index in [9.17, 15) is 14.7 Å². The van der Waals surface area contributed by atoms with Crippen LogP contribution in [0.1, 0.15) is 22.9 Å². The van der Waals surface area contributed by atoms with Gasteiger partial charge in [0.05, 0.1) is 28.8 Å². The summed E-state index contributed by atoms with van der Waals surface area (Å²) < 4.78 is 10.2. The maximum Gasteiger partial charge on any atom is 0.301 e. The molecule has 0 saturated carbocycles. The van der Waals surface area contributed by atoms with Gasteiger partial charge >= 0.3 is 5.91 Å². The average molecular weight is 459 g/mol. The van der Waals surface area contributed by atoms with E-state index in [2.05, 4.69) is 5.16 Å². The van der Waals surface area contributed by atoms with Crippen LogP contribution in [-0.2, 0) is 9.59 Å². The van der Waals surface area contributed by atoms with Gasteiger partial charge in [0.1, 0.15) is 17.3 Å². The van der Waals surface area contributed by atoms with Crippen LogP contribution in [-0.4, -0.2) is 29.1 Å². The Morgan fingerprint density at radius 1 is 1.10 bits per heavy atom. The van der Waals surface area contributed by atoms with Crippen molar-refractivity contribution in [2.45, 2.75) is 13.0 Å². The van der Waals surface area contributed by atoms with Gasteiger partial charge in [-0.1, -0.05) is 34.4 Å². The smallest absolute Gasteiger partial charge is 0.301 e. The average Bonchev–Trinajstić information content (AvgIpc) is 3.30. The molecule has 0 radical (unpaired) electrons. The van der Waals surface area contributed by atoms with Crippen LogP contribution in [0.4, 0.5) is 5.82 Å². The number of aryl methyl sites for hydroxylation is 1. The number of aliphatic hydroxyl groups excluding tert-OH is 1. The zero-order valence-electron chi connectivity index (χ0n) is 16.4. The number of rotatable bonds is 4. The first kappa shape index (κ1) is 21.0. The minimum Gasteiger partial charge on any atom is -0.507 e. The number of methoxy groups -OCH3 is 1. The van der Waals surface area contributed by atoms with Crippen LogP contribution in [0.2, 0.25) is 10.0 Å². The molecule has 0 spiro atoms. The molecule has 1 fully saturated rings. The Kier molecular flexibility index (Phi) is 5.47. The number of amides is 1. The molecular weight excluding hydrogens is 443 g/mol. The number of anilines is 1. The number of nitrogens with zero attached hydrogens (tertiary/aromatic N) is 2. The molecule has 4 rings (SSSR count). The monoisotopic (exact) mass is 458 g/mol. The van der Waals surface area contributed by atoms with Gasteiger partial charge < -0.3 is 14.4 Å². The van der Waals surface area contributed by atoms with Gasteiger partial charge in [-0.15, -0.1) is 0 Å². The van der Waals surface area contributed by atoms with Crippen molar-refractivity contribution in [3.05, 3.63) is 81.0 Å². The van der Waals surface area contributed by atoms with E-state index in [1.807, 2.05) is 0 Å². The molecule has 31 heavy (non-hydrogen) atoms. The topological polar surface area (TPSA) is 92.9 Å². The van der Waals surface area contributed by atoms with Gasteiger partial charge in [-0.3, -0.25) is 14.5 Å². The van der Waals surface area contributed by atoms with Crippen LogP contribution in [0.15, 0.2) is 58.6 Å². The fraction of sp³-hybridized carbons (Fsp3) is 0.136. The largest absolute Gasteiger partial charge is 0.507 e. The highest BCUT2D eigenvalue weighted by atomic mass is 35.5. The Bertz CT molecular complexity index is 1220. The predicted molar refractivity (Wildman–Crippen MR) is 115 cm³/mol. The summed E-state index contributed by atoms with van der Waals surface area (Å²) in [6, 6.07) is 11.7. The first-order chi connectivity index (χ1) is 14.8. The number of ether oxygens (including phenoxy) is 1. The number of carbonyl (C=O) groups excluding carboxylic acids is 2. The van der Waals surface area contributed by atoms with E-state index in [4.69, 9.17) is 32.5 Å². The molecule has 2 aromatic carbocycles. The van der Waals surface area contributed by atoms with Gasteiger partial charge in [0, 0.05) is 11.6 Å². The third-order valence-electron chi connectivity index (χ3n) is 4.93. The lowest BCUT2D eigenvalue weighted by atomic mass is 9.95. The van der Waals surface area contributed by atoms with Crippen LogP contribution < -0.4 is 9.64 Å². The number of hydrogen-bond donors (Lipinski definition) is 1. The Balaban J connectivity index is 1.93. The van der Waals surface area contributed by atoms with E-state index in [1.54, 1.807) is 49.4 Å². The molecule has 0 unspecified atom stereocenters. The molecule has 1 N–H and O–H groups in total. The van der Waals surface area contributed by atoms with Crippen molar-refractivity contribution in [1.82, 2.24) is 5.16 Å². The molecule has 1 aromatic heterocycles. The lowest BCUT2D eigenvalue weighted by molar-refractivity contribution is -0.132. The van der Waals surface area contributed by atoms with Crippen LogP contribution >= 0.6 is 23.2 Å². The molecule has 1 saturated heterocycles. The summed E-state index contributed by atoms with van der Waals surface area (Å²) in [5.74, 6) is -0.857. The van der Waals surface area contributed by atoms with Gasteiger partial charge in [-0.2, -0.15) is 0 Å². The summed E-state index contributed by atoms with van der Waals surface area (Å²) in [7, 11) is 1.52. The Morgan fingerprint density at radius 3 is 2.39 bits per heavy atom. The maximum atomic E-state index is 13.0. The zero-order valence-corrected chi connectivity index (χ0v) is 17.9. The minimum absolute atomic E-state index is 0.103. The SMILES string of the molecule is COc1ccc(/C(O)=C2\C(=O)C(=O)N(c3cc(C)on3)[C@H]2c2ccc(Cl)c(Cl)c2)cc1. The Labute approximate surface area is 187 Å². The fourth-order valence-electron chi connectivity index (χ4n) is 3.44. The molecule has 3 aromatic rings. The highest BCUT2D eigenvalue weighted by Gasteiger charge is 2.48. The molecule has 7 nitrogen and oxygen atoms in total. The highest BCUT2D eigenvalue weighted by molar-refractivity contribution is 6.51. The third-order valence-corrected chi connectivity index (χ3v) is 5.67. The third kappa shape index (κ3) is 3.66. The minimum atomic E-state index is -0.985. The molecule has 1 aliphatic rings. The van der Waals surface area contributed by atoms with Crippen molar-refractivity contribution >= 4 is 46.5 Å². The predicted octanol–water partition coefficient (Wildman–Crippen LogP) is 4.92. The Morgan fingerprint density at radius 2 is 1.81 bits per heavy atom. The van der Waals surface area contributed by atoms with Crippen LogP contribution in [0, 0.1) is 6.92 Å². The van der Waals surface area contributed by atoms with Crippen molar-refractivity contribution in [3.63, 3.8) is 0 Å². The molecule has 1 aliphatic heterocycles. The molecule has 2 heterocycles. The normalized spacial score (nSPS) is 17.9. The summed E-state index contributed by atoms with van der Waals surface area (Å²) in [6.07, 6.45) is 0. The second-order valence-corrected chi connectivity index (χ2v) is 7.68. The van der Waals surface area contributed by atoms with E-state index in [1.165, 1.54) is 18.1 Å². The lowest BCUT2D eigenvalue weighted by Gasteiger charge is -2.23. The molecule has 0 bridgehead atoms. The first-order valence-electron chi connectivity index (χ1n) is 9.15. The molecular formula is C22H16Cl2N2O5. The van der Waals surface area contributed by atoms with Crippen molar-refractivity contribution in [3.8, 4) is 5.75 Å². The Hall–Kier alpha value is -3.29. The molecule has 158 valence electrons. The van der Waals surface area contributed by atoms with E-state index < -0.39 is 17.7 Å². The summed E-state index contributed by atoms with van der Waals surface area (Å²) >= 11 is 12.2. The number of halogens is 2. The van der Waals surface area contributed by atoms with E-state index >= 15 is 0 Å². The van der Waals surface area contributed by atoms with Crippen LogP contribution in [0.5, 0.6) is 5.75 Å². The summed E-state index contributed by atoms with van der Waals surface area (Å²) in [5.41, 5.74) is 0.721. The number of aliphatic hydroxyl groups is 1.